The molecule has 2 aromatic carbocycles. The van der Waals surface area contributed by atoms with Crippen molar-refractivity contribution in [2.75, 3.05) is 45.0 Å². The van der Waals surface area contributed by atoms with E-state index < -0.39 is 0 Å². The van der Waals surface area contributed by atoms with E-state index >= 15 is 0 Å². The predicted molar refractivity (Wildman–Crippen MR) is 147 cm³/mol. The molecule has 3 aromatic rings. The first kappa shape index (κ1) is 25.2. The number of pyridine rings is 1. The highest BCUT2D eigenvalue weighted by atomic mass is 35.5. The van der Waals surface area contributed by atoms with Crippen LogP contribution in [0.2, 0.25) is 5.02 Å². The van der Waals surface area contributed by atoms with Crippen molar-refractivity contribution >= 4 is 29.3 Å². The molecular formula is C28H32ClN5OS. The highest BCUT2D eigenvalue weighted by Crippen LogP contribution is 2.32. The van der Waals surface area contributed by atoms with Gasteiger partial charge in [-0.15, -0.1) is 11.8 Å². The number of thioether (sulfide) groups is 1. The second-order valence-corrected chi connectivity index (χ2v) is 10.8. The number of amides is 1. The first-order valence-corrected chi connectivity index (χ1v) is 13.9. The molecule has 0 radical (unpaired) electrons. The van der Waals surface area contributed by atoms with Gasteiger partial charge in [-0.25, -0.2) is 0 Å². The lowest BCUT2D eigenvalue weighted by Gasteiger charge is -2.40. The van der Waals surface area contributed by atoms with Crippen molar-refractivity contribution in [1.82, 2.24) is 25.4 Å². The van der Waals surface area contributed by atoms with Crippen LogP contribution in [0.5, 0.6) is 0 Å². The van der Waals surface area contributed by atoms with Gasteiger partial charge in [0.15, 0.2) is 0 Å². The van der Waals surface area contributed by atoms with Crippen molar-refractivity contribution in [3.8, 4) is 0 Å². The molecule has 2 fully saturated rings. The van der Waals surface area contributed by atoms with Crippen LogP contribution in [0.3, 0.4) is 0 Å². The van der Waals surface area contributed by atoms with Crippen LogP contribution in [0.15, 0.2) is 79.1 Å². The summed E-state index contributed by atoms with van der Waals surface area (Å²) in [5.41, 5.74) is 3.67. The van der Waals surface area contributed by atoms with Crippen LogP contribution < -0.4 is 10.6 Å². The number of carbonyl (C=O) groups excluding carboxylic acids is 1. The van der Waals surface area contributed by atoms with Crippen molar-refractivity contribution < 1.29 is 4.79 Å². The van der Waals surface area contributed by atoms with Crippen molar-refractivity contribution in [1.29, 1.82) is 0 Å². The Morgan fingerprint density at radius 3 is 2.50 bits per heavy atom. The number of hydrogen-bond acceptors (Lipinski definition) is 6. The summed E-state index contributed by atoms with van der Waals surface area (Å²) >= 11 is 7.91. The lowest BCUT2D eigenvalue weighted by molar-refractivity contribution is -0.122. The second-order valence-electron chi connectivity index (χ2n) is 9.25. The maximum atomic E-state index is 12.7. The van der Waals surface area contributed by atoms with Crippen LogP contribution in [0.25, 0.3) is 0 Å². The molecule has 3 heterocycles. The first-order valence-electron chi connectivity index (χ1n) is 12.5. The van der Waals surface area contributed by atoms with Gasteiger partial charge in [0.2, 0.25) is 5.91 Å². The summed E-state index contributed by atoms with van der Waals surface area (Å²) in [7, 11) is 0. The average molecular weight is 522 g/mol. The van der Waals surface area contributed by atoms with E-state index in [1.165, 1.54) is 11.1 Å². The molecule has 188 valence electrons. The number of carbonyl (C=O) groups is 1. The van der Waals surface area contributed by atoms with Gasteiger partial charge in [-0.2, -0.15) is 0 Å². The lowest BCUT2D eigenvalue weighted by atomic mass is 9.96. The Balaban J connectivity index is 1.10. The van der Waals surface area contributed by atoms with E-state index in [0.717, 1.165) is 49.1 Å². The summed E-state index contributed by atoms with van der Waals surface area (Å²) in [5.74, 6) is 0.856. The first-order chi connectivity index (χ1) is 17.7. The van der Waals surface area contributed by atoms with E-state index in [1.54, 1.807) is 18.0 Å². The molecule has 0 aliphatic carbocycles. The monoisotopic (exact) mass is 521 g/mol. The topological polar surface area (TPSA) is 60.5 Å². The zero-order valence-corrected chi connectivity index (χ0v) is 21.8. The van der Waals surface area contributed by atoms with E-state index in [0.29, 0.717) is 6.54 Å². The largest absolute Gasteiger partial charge is 0.353 e. The summed E-state index contributed by atoms with van der Waals surface area (Å²) in [5, 5.41) is 7.45. The van der Waals surface area contributed by atoms with Gasteiger partial charge in [-0.3, -0.25) is 24.9 Å². The highest BCUT2D eigenvalue weighted by Gasteiger charge is 2.31. The summed E-state index contributed by atoms with van der Waals surface area (Å²) in [6, 6.07) is 22.9. The van der Waals surface area contributed by atoms with E-state index in [9.17, 15) is 4.79 Å². The minimum Gasteiger partial charge on any atom is -0.353 e. The van der Waals surface area contributed by atoms with Gasteiger partial charge in [-0.1, -0.05) is 60.1 Å². The summed E-state index contributed by atoms with van der Waals surface area (Å²) < 4.78 is 0. The van der Waals surface area contributed by atoms with Crippen LogP contribution in [0, 0.1) is 0 Å². The van der Waals surface area contributed by atoms with Crippen LogP contribution in [-0.4, -0.2) is 71.8 Å². The number of aromatic nitrogens is 1. The molecule has 1 amide bonds. The third-order valence-corrected chi connectivity index (χ3v) is 8.41. The minimum absolute atomic E-state index is 0.0828. The van der Waals surface area contributed by atoms with E-state index in [-0.39, 0.29) is 23.4 Å². The summed E-state index contributed by atoms with van der Waals surface area (Å²) in [6.07, 6.45) is 3.63. The Kier molecular flexibility index (Phi) is 8.56. The second kappa shape index (κ2) is 12.2. The molecule has 5 rings (SSSR count). The summed E-state index contributed by atoms with van der Waals surface area (Å²) in [4.78, 5) is 21.9. The third kappa shape index (κ3) is 6.28. The number of rotatable bonds is 8. The fourth-order valence-corrected chi connectivity index (χ4v) is 6.30. The molecule has 3 atom stereocenters. The van der Waals surface area contributed by atoms with Gasteiger partial charge < -0.3 is 5.32 Å². The number of nitrogens with zero attached hydrogens (tertiary/aromatic N) is 3. The maximum absolute atomic E-state index is 12.7. The standard InChI is InChI=1S/C28H32ClN5OS/c29-24-10-8-22(9-11-24)26(21-5-2-1-3-6-21)34-17-15-33(16-18-34)14-13-31-27(35)25-20-36-28(32-25)23-7-4-12-30-19-23/h1-12,19,25-26,28,32H,13-18,20H2,(H,31,35)/t25-,26?,28?/m0/s1. The lowest BCUT2D eigenvalue weighted by Crippen LogP contribution is -2.50. The number of piperazine rings is 1. The molecule has 0 spiro atoms. The summed E-state index contributed by atoms with van der Waals surface area (Å²) in [6.45, 7) is 5.44. The van der Waals surface area contributed by atoms with Gasteiger partial charge in [0.25, 0.3) is 0 Å². The Bertz CT molecular complexity index is 1110. The smallest absolute Gasteiger partial charge is 0.238 e. The number of hydrogen-bond donors (Lipinski definition) is 2. The Labute approximate surface area is 222 Å². The van der Waals surface area contributed by atoms with Crippen LogP contribution in [0.4, 0.5) is 0 Å². The van der Waals surface area contributed by atoms with Gasteiger partial charge in [0, 0.05) is 62.4 Å². The van der Waals surface area contributed by atoms with Crippen molar-refractivity contribution in [3.63, 3.8) is 0 Å². The van der Waals surface area contributed by atoms with Crippen molar-refractivity contribution in [3.05, 3.63) is 101 Å². The number of benzene rings is 2. The van der Waals surface area contributed by atoms with Gasteiger partial charge >= 0.3 is 0 Å². The average Bonchev–Trinajstić information content (AvgIpc) is 3.43. The molecule has 0 saturated carbocycles. The molecule has 2 N–H and O–H groups in total. The predicted octanol–water partition coefficient (Wildman–Crippen LogP) is 3.96. The molecule has 2 aliphatic heterocycles. The molecule has 2 unspecified atom stereocenters. The molecule has 8 heteroatoms. The van der Waals surface area contributed by atoms with Crippen LogP contribution in [-0.2, 0) is 4.79 Å². The van der Waals surface area contributed by atoms with E-state index in [4.69, 9.17) is 11.6 Å². The number of halogens is 1. The minimum atomic E-state index is -0.164. The molecule has 2 aliphatic rings. The zero-order chi connectivity index (χ0) is 24.7. The van der Waals surface area contributed by atoms with Crippen molar-refractivity contribution in [2.24, 2.45) is 0 Å². The van der Waals surface area contributed by atoms with Crippen molar-refractivity contribution in [2.45, 2.75) is 17.5 Å². The normalized spacial score (nSPS) is 21.8. The Morgan fingerprint density at radius 2 is 1.78 bits per heavy atom. The fraction of sp³-hybridized carbons (Fsp3) is 0.357. The van der Waals surface area contributed by atoms with Gasteiger partial charge in [-0.05, 0) is 34.9 Å². The van der Waals surface area contributed by atoms with Crippen LogP contribution >= 0.6 is 23.4 Å². The molecule has 6 nitrogen and oxygen atoms in total. The molecule has 0 bridgehead atoms. The van der Waals surface area contributed by atoms with E-state index in [1.807, 2.05) is 30.5 Å². The zero-order valence-electron chi connectivity index (χ0n) is 20.2. The highest BCUT2D eigenvalue weighted by molar-refractivity contribution is 7.99. The third-order valence-electron chi connectivity index (χ3n) is 6.89. The maximum Gasteiger partial charge on any atom is 0.238 e. The van der Waals surface area contributed by atoms with E-state index in [2.05, 4.69) is 67.9 Å². The Morgan fingerprint density at radius 1 is 1.03 bits per heavy atom. The quantitative estimate of drug-likeness (QED) is 0.468. The van der Waals surface area contributed by atoms with Gasteiger partial charge in [0.1, 0.15) is 0 Å². The van der Waals surface area contributed by atoms with Gasteiger partial charge in [0.05, 0.1) is 17.5 Å². The number of nitrogens with one attached hydrogen (secondary N) is 2. The SMILES string of the molecule is O=C(NCCN1CCN(C(c2ccccc2)c2ccc(Cl)cc2)CC1)[C@@H]1CSC(c2cccnc2)N1. The molecule has 36 heavy (non-hydrogen) atoms. The molecular weight excluding hydrogens is 490 g/mol. The Hall–Kier alpha value is -2.42. The molecule has 2 saturated heterocycles. The fourth-order valence-electron chi connectivity index (χ4n) is 4.95. The molecule has 1 aromatic heterocycles. The van der Waals surface area contributed by atoms with Crippen LogP contribution in [0.1, 0.15) is 28.1 Å².